The fourth-order valence-electron chi connectivity index (χ4n) is 4.40. The summed E-state index contributed by atoms with van der Waals surface area (Å²) in [7, 11) is 0. The molecule has 0 saturated carbocycles. The van der Waals surface area contributed by atoms with Crippen LogP contribution in [0.25, 0.3) is 0 Å². The molecule has 196 valence electrons. The zero-order valence-electron chi connectivity index (χ0n) is 20.7. The van der Waals surface area contributed by atoms with Gasteiger partial charge in [-0.2, -0.15) is 4.57 Å². The largest absolute Gasteiger partial charge is 0.503 e. The lowest BCUT2D eigenvalue weighted by atomic mass is 9.99. The molecule has 1 aromatic rings. The maximum Gasteiger partial charge on any atom is 0.211 e. The van der Waals surface area contributed by atoms with E-state index in [1.165, 1.54) is 64.2 Å². The van der Waals surface area contributed by atoms with E-state index < -0.39 is 37.3 Å². The molecular weight excluding hydrogens is 438 g/mol. The highest BCUT2D eigenvalue weighted by molar-refractivity contribution is 5.13. The summed E-state index contributed by atoms with van der Waals surface area (Å²) in [6.07, 6.45) is 10.5. The van der Waals surface area contributed by atoms with Gasteiger partial charge >= 0.3 is 0 Å². The van der Waals surface area contributed by atoms with Gasteiger partial charge in [-0.3, -0.25) is 0 Å². The second-order valence-corrected chi connectivity index (χ2v) is 9.47. The first kappa shape index (κ1) is 28.9. The number of aryl methyl sites for hydroxylation is 1. The van der Waals surface area contributed by atoms with Crippen LogP contribution in [0.4, 0.5) is 0 Å². The summed E-state index contributed by atoms with van der Waals surface area (Å²) < 4.78 is 13.0. The Kier molecular flexibility index (Phi) is 14.0. The molecule has 34 heavy (non-hydrogen) atoms. The van der Waals surface area contributed by atoms with Crippen LogP contribution >= 0.6 is 0 Å². The van der Waals surface area contributed by atoms with Crippen LogP contribution in [0.3, 0.4) is 0 Å². The lowest BCUT2D eigenvalue weighted by molar-refractivity contribution is -0.707. The Balaban J connectivity index is 1.69. The predicted molar refractivity (Wildman–Crippen MR) is 128 cm³/mol. The third-order valence-electron chi connectivity index (χ3n) is 6.60. The Morgan fingerprint density at radius 3 is 2.00 bits per heavy atom. The maximum atomic E-state index is 10.2. The third-order valence-corrected chi connectivity index (χ3v) is 6.60. The van der Waals surface area contributed by atoms with Crippen molar-refractivity contribution in [2.45, 2.75) is 128 Å². The molecule has 5 N–H and O–H groups in total. The van der Waals surface area contributed by atoms with Gasteiger partial charge in [0.15, 0.2) is 12.0 Å². The number of unbranched alkanes of at least 4 members (excludes halogenated alkanes) is 11. The number of rotatable bonds is 17. The second-order valence-electron chi connectivity index (χ2n) is 9.47. The van der Waals surface area contributed by atoms with Crippen molar-refractivity contribution in [3.63, 3.8) is 0 Å². The topological polar surface area (TPSA) is 123 Å². The Bertz CT molecular complexity index is 673. The zero-order valence-corrected chi connectivity index (χ0v) is 20.7. The summed E-state index contributed by atoms with van der Waals surface area (Å²) in [4.78, 5) is 0. The van der Waals surface area contributed by atoms with E-state index in [2.05, 4.69) is 6.92 Å². The minimum absolute atomic E-state index is 0.0846. The molecule has 0 bridgehead atoms. The van der Waals surface area contributed by atoms with Gasteiger partial charge in [0.2, 0.25) is 11.9 Å². The molecule has 1 aliphatic heterocycles. The van der Waals surface area contributed by atoms with Crippen molar-refractivity contribution >= 4 is 0 Å². The van der Waals surface area contributed by atoms with Crippen molar-refractivity contribution in [2.75, 3.05) is 6.61 Å². The molecule has 2 rings (SSSR count). The zero-order chi connectivity index (χ0) is 24.8. The number of hydrogen-bond acceptors (Lipinski definition) is 7. The van der Waals surface area contributed by atoms with Gasteiger partial charge in [-0.15, -0.1) is 0 Å². The van der Waals surface area contributed by atoms with E-state index in [1.807, 2.05) is 4.57 Å². The molecule has 8 nitrogen and oxygen atoms in total. The number of aromatic hydroxyl groups is 1. The van der Waals surface area contributed by atoms with Crippen LogP contribution in [-0.4, -0.2) is 62.8 Å². The molecule has 1 aromatic heterocycles. The van der Waals surface area contributed by atoms with E-state index in [-0.39, 0.29) is 12.4 Å². The summed E-state index contributed by atoms with van der Waals surface area (Å²) in [6, 6.07) is 3.32. The fourth-order valence-corrected chi connectivity index (χ4v) is 4.40. The van der Waals surface area contributed by atoms with Gasteiger partial charge in [0.05, 0.1) is 6.61 Å². The van der Waals surface area contributed by atoms with E-state index in [1.54, 1.807) is 18.3 Å². The average molecular weight is 485 g/mol. The van der Waals surface area contributed by atoms with E-state index in [4.69, 9.17) is 9.47 Å². The first-order valence-electron chi connectivity index (χ1n) is 13.1. The highest BCUT2D eigenvalue weighted by Crippen LogP contribution is 2.22. The standard InChI is InChI=1S/C26H45NO7/c1-2-3-4-5-6-7-8-9-10-11-12-13-16-27-17-21(29)15-14-20(27)19-33-26-25(32)24(31)23(30)22(18-28)34-26/h14-15,17,22-26,28,30-32H,2-13,16,18-19H2,1H3/p+1/t22-,23-,24+,25-,26+/m1/s1. The number of aromatic nitrogens is 1. The molecule has 1 fully saturated rings. The molecule has 0 spiro atoms. The Morgan fingerprint density at radius 2 is 1.41 bits per heavy atom. The van der Waals surface area contributed by atoms with Gasteiger partial charge in [-0.1, -0.05) is 71.1 Å². The minimum atomic E-state index is -1.47. The monoisotopic (exact) mass is 484 g/mol. The van der Waals surface area contributed by atoms with Crippen LogP contribution in [0, 0.1) is 0 Å². The maximum absolute atomic E-state index is 10.2. The highest BCUT2D eigenvalue weighted by atomic mass is 16.7. The van der Waals surface area contributed by atoms with Gasteiger partial charge in [-0.05, 0) is 12.5 Å². The Morgan fingerprint density at radius 1 is 0.824 bits per heavy atom. The number of pyridine rings is 1. The highest BCUT2D eigenvalue weighted by Gasteiger charge is 2.44. The molecular formula is C26H46NO7+. The summed E-state index contributed by atoms with van der Waals surface area (Å²) in [5.41, 5.74) is 0.790. The van der Waals surface area contributed by atoms with Gasteiger partial charge in [0.1, 0.15) is 37.6 Å². The van der Waals surface area contributed by atoms with Crippen molar-refractivity contribution in [1.82, 2.24) is 0 Å². The molecule has 8 heteroatoms. The SMILES string of the molecule is CCCCCCCCCCCCCC[n+]1cc(O)ccc1CO[C@H]1O[C@H](CO)[C@@H](O)[C@H](O)[C@H]1O. The minimum Gasteiger partial charge on any atom is -0.503 e. The van der Waals surface area contributed by atoms with Crippen LogP contribution in [0.2, 0.25) is 0 Å². The van der Waals surface area contributed by atoms with E-state index in [9.17, 15) is 25.5 Å². The van der Waals surface area contributed by atoms with Crippen LogP contribution < -0.4 is 4.57 Å². The molecule has 1 saturated heterocycles. The molecule has 1 aliphatic rings. The number of nitrogens with zero attached hydrogens (tertiary/aromatic N) is 1. The van der Waals surface area contributed by atoms with Crippen molar-refractivity contribution in [1.29, 1.82) is 0 Å². The number of ether oxygens (including phenoxy) is 2. The van der Waals surface area contributed by atoms with Crippen molar-refractivity contribution in [3.8, 4) is 5.75 Å². The molecule has 0 aliphatic carbocycles. The lowest BCUT2D eigenvalue weighted by Gasteiger charge is -2.39. The first-order chi connectivity index (χ1) is 16.5. The van der Waals surface area contributed by atoms with Gasteiger partial charge in [-0.25, -0.2) is 0 Å². The molecule has 0 unspecified atom stereocenters. The molecule has 0 aromatic carbocycles. The predicted octanol–water partition coefficient (Wildman–Crippen LogP) is 2.70. The van der Waals surface area contributed by atoms with Crippen LogP contribution in [-0.2, 0) is 22.6 Å². The number of hydrogen-bond donors (Lipinski definition) is 5. The summed E-state index contributed by atoms with van der Waals surface area (Å²) in [6.45, 7) is 2.57. The number of aliphatic hydroxyl groups excluding tert-OH is 4. The summed E-state index contributed by atoms with van der Waals surface area (Å²) >= 11 is 0. The lowest BCUT2D eigenvalue weighted by Crippen LogP contribution is -2.59. The quantitative estimate of drug-likeness (QED) is 0.170. The van der Waals surface area contributed by atoms with Gasteiger partial charge < -0.3 is 35.0 Å². The van der Waals surface area contributed by atoms with E-state index in [0.29, 0.717) is 0 Å². The molecule has 0 radical (unpaired) electrons. The van der Waals surface area contributed by atoms with Crippen LogP contribution in [0.5, 0.6) is 5.75 Å². The van der Waals surface area contributed by atoms with Crippen molar-refractivity contribution in [2.24, 2.45) is 0 Å². The van der Waals surface area contributed by atoms with Gasteiger partial charge in [0, 0.05) is 12.5 Å². The fraction of sp³-hybridized carbons (Fsp3) is 0.808. The smallest absolute Gasteiger partial charge is 0.211 e. The average Bonchev–Trinajstić information content (AvgIpc) is 2.83. The van der Waals surface area contributed by atoms with Crippen molar-refractivity contribution in [3.05, 3.63) is 24.0 Å². The Hall–Kier alpha value is -1.29. The Labute approximate surface area is 204 Å². The third kappa shape index (κ3) is 9.76. The van der Waals surface area contributed by atoms with Gasteiger partial charge in [0.25, 0.3) is 0 Å². The molecule has 2 heterocycles. The first-order valence-corrected chi connectivity index (χ1v) is 13.1. The molecule has 0 amide bonds. The van der Waals surface area contributed by atoms with Crippen LogP contribution in [0.1, 0.15) is 89.7 Å². The summed E-state index contributed by atoms with van der Waals surface area (Å²) in [5, 5.41) is 49.2. The van der Waals surface area contributed by atoms with Crippen LogP contribution in [0.15, 0.2) is 18.3 Å². The van der Waals surface area contributed by atoms with E-state index in [0.717, 1.165) is 25.1 Å². The number of aliphatic hydroxyl groups is 4. The van der Waals surface area contributed by atoms with Crippen molar-refractivity contribution < 1.29 is 39.6 Å². The molecule has 5 atom stereocenters. The summed E-state index contributed by atoms with van der Waals surface area (Å²) in [5.74, 6) is 0.163. The normalized spacial score (nSPS) is 25.0. The van der Waals surface area contributed by atoms with E-state index >= 15 is 0 Å². The second kappa shape index (κ2) is 16.4.